The van der Waals surface area contributed by atoms with Crippen LogP contribution in [-0.4, -0.2) is 5.97 Å². The Labute approximate surface area is 121 Å². The van der Waals surface area contributed by atoms with Crippen LogP contribution in [0.4, 0.5) is 10.1 Å². The van der Waals surface area contributed by atoms with Crippen molar-refractivity contribution in [1.29, 1.82) is 5.26 Å². The van der Waals surface area contributed by atoms with E-state index in [0.29, 0.717) is 11.3 Å². The third-order valence-corrected chi connectivity index (χ3v) is 2.89. The van der Waals surface area contributed by atoms with E-state index < -0.39 is 11.8 Å². The third-order valence-electron chi connectivity index (χ3n) is 2.89. The van der Waals surface area contributed by atoms with Gasteiger partial charge in [0.2, 0.25) is 0 Å². The summed E-state index contributed by atoms with van der Waals surface area (Å²) in [5.74, 6) is -0.976. The van der Waals surface area contributed by atoms with Crippen molar-refractivity contribution >= 4 is 11.7 Å². The van der Waals surface area contributed by atoms with Crippen molar-refractivity contribution in [2.24, 2.45) is 0 Å². The molecular weight excluding hydrogens is 271 g/mol. The summed E-state index contributed by atoms with van der Waals surface area (Å²) in [5, 5.41) is 8.76. The summed E-state index contributed by atoms with van der Waals surface area (Å²) >= 11 is 0. The van der Waals surface area contributed by atoms with E-state index >= 15 is 0 Å². The number of benzene rings is 2. The number of esters is 1. The normalized spacial score (nSPS) is 9.90. The van der Waals surface area contributed by atoms with Gasteiger partial charge in [0.1, 0.15) is 12.4 Å². The zero-order chi connectivity index (χ0) is 15.2. The molecule has 0 fully saturated rings. The molecule has 0 amide bonds. The quantitative estimate of drug-likeness (QED) is 0.691. The number of halogens is 1. The van der Waals surface area contributed by atoms with Gasteiger partial charge in [-0.15, -0.1) is 0 Å². The predicted octanol–water partition coefficient (Wildman–Crippen LogP) is 2.57. The van der Waals surface area contributed by atoms with E-state index in [-0.39, 0.29) is 18.6 Å². The standard InChI is InChI=1S/C16H13FN2O2/c17-15-6-3-12(9-18)7-13(15)10-21-16(20)8-11-1-4-14(19)5-2-11/h1-7H,8,10,19H2. The van der Waals surface area contributed by atoms with Crippen molar-refractivity contribution in [3.63, 3.8) is 0 Å². The van der Waals surface area contributed by atoms with Crippen LogP contribution in [0.15, 0.2) is 42.5 Å². The molecule has 0 aromatic heterocycles. The number of carbonyl (C=O) groups is 1. The molecule has 0 aliphatic heterocycles. The fourth-order valence-corrected chi connectivity index (χ4v) is 1.77. The number of hydrogen-bond donors (Lipinski definition) is 1. The second-order valence-electron chi connectivity index (χ2n) is 4.50. The number of carbonyl (C=O) groups excluding carboxylic acids is 1. The van der Waals surface area contributed by atoms with E-state index in [9.17, 15) is 9.18 Å². The molecule has 5 heteroatoms. The zero-order valence-corrected chi connectivity index (χ0v) is 11.2. The molecule has 0 saturated heterocycles. The first kappa shape index (κ1) is 14.5. The summed E-state index contributed by atoms with van der Waals surface area (Å²) in [7, 11) is 0. The smallest absolute Gasteiger partial charge is 0.310 e. The molecule has 2 N–H and O–H groups in total. The minimum atomic E-state index is -0.505. The summed E-state index contributed by atoms with van der Waals surface area (Å²) in [6.07, 6.45) is 0.0832. The lowest BCUT2D eigenvalue weighted by atomic mass is 10.1. The van der Waals surface area contributed by atoms with E-state index in [4.69, 9.17) is 15.7 Å². The molecule has 106 valence electrons. The number of nitrogens with zero attached hydrogens (tertiary/aromatic N) is 1. The first-order valence-corrected chi connectivity index (χ1v) is 6.27. The number of ether oxygens (including phenoxy) is 1. The largest absolute Gasteiger partial charge is 0.460 e. The van der Waals surface area contributed by atoms with Gasteiger partial charge in [0.15, 0.2) is 0 Å². The highest BCUT2D eigenvalue weighted by molar-refractivity contribution is 5.72. The first-order chi connectivity index (χ1) is 10.1. The van der Waals surface area contributed by atoms with Crippen molar-refractivity contribution < 1.29 is 13.9 Å². The van der Waals surface area contributed by atoms with Gasteiger partial charge >= 0.3 is 5.97 Å². The Kier molecular flexibility index (Phi) is 4.52. The predicted molar refractivity (Wildman–Crippen MR) is 75.5 cm³/mol. The lowest BCUT2D eigenvalue weighted by Gasteiger charge is -2.06. The van der Waals surface area contributed by atoms with E-state index in [1.807, 2.05) is 6.07 Å². The monoisotopic (exact) mass is 284 g/mol. The molecular formula is C16H13FN2O2. The van der Waals surface area contributed by atoms with Crippen molar-refractivity contribution in [1.82, 2.24) is 0 Å². The molecule has 0 bridgehead atoms. The minimum absolute atomic E-state index is 0.0832. The summed E-state index contributed by atoms with van der Waals surface area (Å²) in [6, 6.07) is 12.7. The molecule has 0 unspecified atom stereocenters. The molecule has 0 saturated carbocycles. The Balaban J connectivity index is 1.95. The van der Waals surface area contributed by atoms with E-state index in [1.165, 1.54) is 18.2 Å². The van der Waals surface area contributed by atoms with Crippen LogP contribution in [0.2, 0.25) is 0 Å². The van der Waals surface area contributed by atoms with Crippen LogP contribution < -0.4 is 5.73 Å². The Hall–Kier alpha value is -2.87. The first-order valence-electron chi connectivity index (χ1n) is 6.27. The highest BCUT2D eigenvalue weighted by atomic mass is 19.1. The maximum absolute atomic E-state index is 13.5. The fraction of sp³-hybridized carbons (Fsp3) is 0.125. The second-order valence-corrected chi connectivity index (χ2v) is 4.50. The number of nitriles is 1. The van der Waals surface area contributed by atoms with Crippen molar-refractivity contribution in [2.45, 2.75) is 13.0 Å². The van der Waals surface area contributed by atoms with Crippen molar-refractivity contribution in [3.05, 3.63) is 65.0 Å². The van der Waals surface area contributed by atoms with Crippen LogP contribution in [0.25, 0.3) is 0 Å². The van der Waals surface area contributed by atoms with Gasteiger partial charge in [0.05, 0.1) is 18.1 Å². The minimum Gasteiger partial charge on any atom is -0.460 e. The van der Waals surface area contributed by atoms with Crippen LogP contribution in [-0.2, 0) is 22.6 Å². The van der Waals surface area contributed by atoms with Gasteiger partial charge in [0.25, 0.3) is 0 Å². The lowest BCUT2D eigenvalue weighted by molar-refractivity contribution is -0.144. The lowest BCUT2D eigenvalue weighted by Crippen LogP contribution is -2.09. The van der Waals surface area contributed by atoms with Crippen LogP contribution in [0, 0.1) is 17.1 Å². The van der Waals surface area contributed by atoms with E-state index in [1.54, 1.807) is 24.3 Å². The highest BCUT2D eigenvalue weighted by Gasteiger charge is 2.09. The molecule has 21 heavy (non-hydrogen) atoms. The number of nitrogen functional groups attached to an aromatic ring is 1. The maximum Gasteiger partial charge on any atom is 0.310 e. The molecule has 0 heterocycles. The third kappa shape index (κ3) is 4.05. The van der Waals surface area contributed by atoms with Crippen molar-refractivity contribution in [3.8, 4) is 6.07 Å². The maximum atomic E-state index is 13.5. The van der Waals surface area contributed by atoms with Crippen molar-refractivity contribution in [2.75, 3.05) is 5.73 Å². The number of anilines is 1. The molecule has 0 atom stereocenters. The molecule has 2 rings (SSSR count). The van der Waals surface area contributed by atoms with Gasteiger partial charge in [-0.05, 0) is 35.9 Å². The molecule has 0 radical (unpaired) electrons. The Bertz CT molecular complexity index is 690. The van der Waals surface area contributed by atoms with Gasteiger partial charge < -0.3 is 10.5 Å². The van der Waals surface area contributed by atoms with Gasteiger partial charge in [0, 0.05) is 11.3 Å². The molecule has 2 aromatic carbocycles. The average molecular weight is 284 g/mol. The number of hydrogen-bond acceptors (Lipinski definition) is 4. The number of nitrogens with two attached hydrogens (primary N) is 1. The fourth-order valence-electron chi connectivity index (χ4n) is 1.77. The van der Waals surface area contributed by atoms with Crippen LogP contribution in [0.3, 0.4) is 0 Å². The SMILES string of the molecule is N#Cc1ccc(F)c(COC(=O)Cc2ccc(N)cc2)c1. The van der Waals surface area contributed by atoms with Crippen LogP contribution in [0.5, 0.6) is 0 Å². The summed E-state index contributed by atoms with van der Waals surface area (Å²) in [6.45, 7) is -0.199. The highest BCUT2D eigenvalue weighted by Crippen LogP contribution is 2.12. The Morgan fingerprint density at radius 2 is 1.95 bits per heavy atom. The van der Waals surface area contributed by atoms with Gasteiger partial charge in [-0.3, -0.25) is 4.79 Å². The molecule has 2 aromatic rings. The zero-order valence-electron chi connectivity index (χ0n) is 11.2. The van der Waals surface area contributed by atoms with Gasteiger partial charge in [-0.25, -0.2) is 4.39 Å². The second kappa shape index (κ2) is 6.53. The average Bonchev–Trinajstić information content (AvgIpc) is 2.49. The summed E-state index contributed by atoms with van der Waals surface area (Å²) < 4.78 is 18.5. The topological polar surface area (TPSA) is 76.1 Å². The van der Waals surface area contributed by atoms with Crippen LogP contribution in [0.1, 0.15) is 16.7 Å². The van der Waals surface area contributed by atoms with Gasteiger partial charge in [-0.2, -0.15) is 5.26 Å². The molecule has 0 spiro atoms. The van der Waals surface area contributed by atoms with Gasteiger partial charge in [-0.1, -0.05) is 12.1 Å². The molecule has 4 nitrogen and oxygen atoms in total. The Morgan fingerprint density at radius 1 is 1.24 bits per heavy atom. The van der Waals surface area contributed by atoms with Crippen LogP contribution >= 0.6 is 0 Å². The Morgan fingerprint density at radius 3 is 2.62 bits per heavy atom. The van der Waals surface area contributed by atoms with E-state index in [0.717, 1.165) is 5.56 Å². The molecule has 0 aliphatic rings. The summed E-state index contributed by atoms with van der Waals surface area (Å²) in [5.41, 5.74) is 7.43. The summed E-state index contributed by atoms with van der Waals surface area (Å²) in [4.78, 5) is 11.7. The molecule has 0 aliphatic carbocycles. The van der Waals surface area contributed by atoms with E-state index in [2.05, 4.69) is 0 Å². The number of rotatable bonds is 4.